The van der Waals surface area contributed by atoms with E-state index in [2.05, 4.69) is 24.5 Å². The number of rotatable bonds is 4. The van der Waals surface area contributed by atoms with Crippen molar-refractivity contribution in [2.24, 2.45) is 11.3 Å². The number of hydrogen-bond acceptors (Lipinski definition) is 2. The van der Waals surface area contributed by atoms with E-state index in [1.165, 1.54) is 0 Å². The van der Waals surface area contributed by atoms with E-state index in [9.17, 15) is 9.18 Å². The second-order valence-electron chi connectivity index (χ2n) is 6.93. The molecule has 0 bridgehead atoms. The Bertz CT molecular complexity index is 544. The summed E-state index contributed by atoms with van der Waals surface area (Å²) in [7, 11) is 0. The zero-order valence-corrected chi connectivity index (χ0v) is 14.6. The Hall–Kier alpha value is -1.13. The van der Waals surface area contributed by atoms with Crippen LogP contribution in [0.1, 0.15) is 45.2 Å². The van der Waals surface area contributed by atoms with Crippen molar-refractivity contribution in [1.29, 1.82) is 0 Å². The molecule has 3 nitrogen and oxygen atoms in total. The lowest BCUT2D eigenvalue weighted by molar-refractivity contribution is -0.124. The largest absolute Gasteiger partial charge is 0.323 e. The number of carbonyl (C=O) groups is 1. The third kappa shape index (κ3) is 4.20. The molecule has 2 N–H and O–H groups in total. The molecule has 1 aromatic carbocycles. The SMILES string of the molecule is CC(C)CC(C)(C)C(=O)Nc1ccc2c(c1F)CCNC2.Cl. The fraction of sp³-hybridized carbons (Fsp3) is 0.588. The lowest BCUT2D eigenvalue weighted by atomic mass is 9.83. The van der Waals surface area contributed by atoms with Crippen LogP contribution in [0.4, 0.5) is 10.1 Å². The van der Waals surface area contributed by atoms with E-state index in [4.69, 9.17) is 0 Å². The summed E-state index contributed by atoms with van der Waals surface area (Å²) in [5, 5.41) is 5.99. The van der Waals surface area contributed by atoms with Gasteiger partial charge < -0.3 is 10.6 Å². The molecule has 22 heavy (non-hydrogen) atoms. The van der Waals surface area contributed by atoms with Crippen molar-refractivity contribution in [3.63, 3.8) is 0 Å². The minimum Gasteiger partial charge on any atom is -0.323 e. The molecule has 1 aliphatic rings. The van der Waals surface area contributed by atoms with E-state index in [-0.39, 0.29) is 24.1 Å². The highest BCUT2D eigenvalue weighted by Gasteiger charge is 2.29. The van der Waals surface area contributed by atoms with Crippen molar-refractivity contribution in [3.8, 4) is 0 Å². The number of nitrogens with one attached hydrogen (secondary N) is 2. The molecule has 0 radical (unpaired) electrons. The number of amides is 1. The van der Waals surface area contributed by atoms with Crippen LogP contribution in [0.2, 0.25) is 0 Å². The summed E-state index contributed by atoms with van der Waals surface area (Å²) in [6, 6.07) is 3.57. The number of fused-ring (bicyclic) bond motifs is 1. The first-order valence-corrected chi connectivity index (χ1v) is 7.63. The average molecular weight is 329 g/mol. The summed E-state index contributed by atoms with van der Waals surface area (Å²) < 4.78 is 14.5. The predicted molar refractivity (Wildman–Crippen MR) is 90.9 cm³/mol. The molecule has 0 unspecified atom stereocenters. The van der Waals surface area contributed by atoms with E-state index in [1.807, 2.05) is 19.9 Å². The van der Waals surface area contributed by atoms with Gasteiger partial charge in [0.15, 0.2) is 0 Å². The molecule has 0 aliphatic carbocycles. The minimum absolute atomic E-state index is 0. The van der Waals surface area contributed by atoms with E-state index < -0.39 is 5.41 Å². The Morgan fingerprint density at radius 1 is 1.41 bits per heavy atom. The maximum Gasteiger partial charge on any atom is 0.230 e. The van der Waals surface area contributed by atoms with Gasteiger partial charge in [0.1, 0.15) is 5.82 Å². The first-order chi connectivity index (χ1) is 9.81. The number of hydrogen-bond donors (Lipinski definition) is 2. The summed E-state index contributed by atoms with van der Waals surface area (Å²) in [5.74, 6) is 0.0249. The fourth-order valence-corrected chi connectivity index (χ4v) is 3.03. The van der Waals surface area contributed by atoms with E-state index in [1.54, 1.807) is 6.07 Å². The van der Waals surface area contributed by atoms with Crippen molar-refractivity contribution in [3.05, 3.63) is 29.1 Å². The average Bonchev–Trinajstić information content (AvgIpc) is 2.40. The summed E-state index contributed by atoms with van der Waals surface area (Å²) in [5.41, 5.74) is 1.52. The lowest BCUT2D eigenvalue weighted by Gasteiger charge is -2.26. The minimum atomic E-state index is -0.502. The Morgan fingerprint density at radius 2 is 2.09 bits per heavy atom. The van der Waals surface area contributed by atoms with Crippen molar-refractivity contribution < 1.29 is 9.18 Å². The molecule has 0 atom stereocenters. The van der Waals surface area contributed by atoms with Gasteiger partial charge in [0.25, 0.3) is 0 Å². The number of halogens is 2. The zero-order chi connectivity index (χ0) is 15.6. The Morgan fingerprint density at radius 3 is 2.73 bits per heavy atom. The first-order valence-electron chi connectivity index (χ1n) is 7.63. The van der Waals surface area contributed by atoms with Gasteiger partial charge in [-0.25, -0.2) is 4.39 Å². The van der Waals surface area contributed by atoms with Gasteiger partial charge in [-0.3, -0.25) is 4.79 Å². The van der Waals surface area contributed by atoms with Crippen LogP contribution in [0.15, 0.2) is 12.1 Å². The van der Waals surface area contributed by atoms with Gasteiger partial charge >= 0.3 is 0 Å². The molecular formula is C17H26ClFN2O. The lowest BCUT2D eigenvalue weighted by Crippen LogP contribution is -2.32. The third-order valence-electron chi connectivity index (χ3n) is 3.99. The van der Waals surface area contributed by atoms with Crippen molar-refractivity contribution in [1.82, 2.24) is 5.32 Å². The third-order valence-corrected chi connectivity index (χ3v) is 3.99. The van der Waals surface area contributed by atoms with Gasteiger partial charge in [0, 0.05) is 12.0 Å². The summed E-state index contributed by atoms with van der Waals surface area (Å²) in [4.78, 5) is 12.4. The Kier molecular flexibility index (Phi) is 6.38. The molecule has 124 valence electrons. The van der Waals surface area contributed by atoms with Gasteiger partial charge in [-0.1, -0.05) is 33.8 Å². The number of carbonyl (C=O) groups excluding carboxylic acids is 1. The molecule has 5 heteroatoms. The quantitative estimate of drug-likeness (QED) is 0.880. The standard InChI is InChI=1S/C17H25FN2O.ClH/c1-11(2)9-17(3,4)16(21)20-14-6-5-12-10-19-8-7-13(12)15(14)18;/h5-6,11,19H,7-10H2,1-4H3,(H,20,21);1H. The van der Waals surface area contributed by atoms with Crippen LogP contribution in [0, 0.1) is 17.2 Å². The van der Waals surface area contributed by atoms with Crippen LogP contribution in [-0.2, 0) is 17.8 Å². The molecule has 1 amide bonds. The van der Waals surface area contributed by atoms with Crippen LogP contribution in [0.3, 0.4) is 0 Å². The molecule has 1 aliphatic heterocycles. The molecule has 2 rings (SSSR count). The summed E-state index contributed by atoms with van der Waals surface area (Å²) in [6.45, 7) is 9.45. The van der Waals surface area contributed by atoms with Gasteiger partial charge in [-0.05, 0) is 42.5 Å². The molecule has 0 saturated carbocycles. The molecular weight excluding hydrogens is 303 g/mol. The van der Waals surface area contributed by atoms with Crippen molar-refractivity contribution in [2.45, 2.75) is 47.1 Å². The topological polar surface area (TPSA) is 41.1 Å². The Balaban J connectivity index is 0.00000242. The highest BCUT2D eigenvalue weighted by atomic mass is 35.5. The maximum atomic E-state index is 14.5. The van der Waals surface area contributed by atoms with E-state index >= 15 is 0 Å². The van der Waals surface area contributed by atoms with Crippen LogP contribution in [0.5, 0.6) is 0 Å². The summed E-state index contributed by atoms with van der Waals surface area (Å²) >= 11 is 0. The maximum absolute atomic E-state index is 14.5. The summed E-state index contributed by atoms with van der Waals surface area (Å²) in [6.07, 6.45) is 1.44. The molecule has 0 fully saturated rings. The second kappa shape index (κ2) is 7.42. The van der Waals surface area contributed by atoms with Crippen LogP contribution < -0.4 is 10.6 Å². The first kappa shape index (κ1) is 18.9. The molecule has 0 saturated heterocycles. The van der Waals surface area contributed by atoms with Gasteiger partial charge in [0.2, 0.25) is 5.91 Å². The van der Waals surface area contributed by atoms with Gasteiger partial charge in [0.05, 0.1) is 5.69 Å². The second-order valence-corrected chi connectivity index (χ2v) is 6.93. The zero-order valence-electron chi connectivity index (χ0n) is 13.8. The van der Waals surface area contributed by atoms with Crippen LogP contribution >= 0.6 is 12.4 Å². The molecule has 1 aromatic rings. The normalized spacial score (nSPS) is 14.3. The molecule has 0 aromatic heterocycles. The van der Waals surface area contributed by atoms with Crippen LogP contribution in [-0.4, -0.2) is 12.5 Å². The van der Waals surface area contributed by atoms with Gasteiger partial charge in [-0.15, -0.1) is 12.4 Å². The van der Waals surface area contributed by atoms with Crippen molar-refractivity contribution >= 4 is 24.0 Å². The van der Waals surface area contributed by atoms with Gasteiger partial charge in [-0.2, -0.15) is 0 Å². The number of anilines is 1. The monoisotopic (exact) mass is 328 g/mol. The predicted octanol–water partition coefficient (Wildman–Crippen LogP) is 3.90. The molecule has 0 spiro atoms. The fourth-order valence-electron chi connectivity index (χ4n) is 3.03. The van der Waals surface area contributed by atoms with E-state index in [0.29, 0.717) is 24.6 Å². The van der Waals surface area contributed by atoms with Crippen LogP contribution in [0.25, 0.3) is 0 Å². The van der Waals surface area contributed by atoms with E-state index in [0.717, 1.165) is 24.1 Å². The Labute approximate surface area is 138 Å². The highest BCUT2D eigenvalue weighted by molar-refractivity contribution is 5.95. The molecule has 1 heterocycles. The highest BCUT2D eigenvalue weighted by Crippen LogP contribution is 2.29. The van der Waals surface area contributed by atoms with Crippen molar-refractivity contribution in [2.75, 3.05) is 11.9 Å². The smallest absolute Gasteiger partial charge is 0.230 e. The number of benzene rings is 1.